The zero-order chi connectivity index (χ0) is 40.2. The molecule has 13 aromatic rings. The lowest BCUT2D eigenvalue weighted by atomic mass is 9.34. The molecule has 0 spiro atoms. The number of benzene rings is 10. The Morgan fingerprint density at radius 2 is 0.839 bits per heavy atom. The number of furan rings is 1. The van der Waals surface area contributed by atoms with E-state index in [1.807, 2.05) is 0 Å². The van der Waals surface area contributed by atoms with Crippen molar-refractivity contribution in [1.29, 1.82) is 0 Å². The summed E-state index contributed by atoms with van der Waals surface area (Å²) in [6.07, 6.45) is 0. The summed E-state index contributed by atoms with van der Waals surface area (Å²) < 4.78 is 11.7. The molecule has 0 N–H and O–H groups in total. The van der Waals surface area contributed by atoms with Crippen LogP contribution in [0.15, 0.2) is 192 Å². The average Bonchev–Trinajstić information content (AvgIpc) is 4.05. The Morgan fingerprint density at radius 3 is 1.45 bits per heavy atom. The van der Waals surface area contributed by atoms with Gasteiger partial charge in [0.1, 0.15) is 22.7 Å². The van der Waals surface area contributed by atoms with E-state index in [2.05, 4.69) is 197 Å². The van der Waals surface area contributed by atoms with E-state index in [0.29, 0.717) is 0 Å². The van der Waals surface area contributed by atoms with Gasteiger partial charge in [-0.2, -0.15) is 10.2 Å². The third-order valence-corrected chi connectivity index (χ3v) is 13.8. The lowest BCUT2D eigenvalue weighted by molar-refractivity contribution is 0.664. The van der Waals surface area contributed by atoms with Gasteiger partial charge in [0.2, 0.25) is 0 Å². The average molecular weight is 787 g/mol. The van der Waals surface area contributed by atoms with Gasteiger partial charge in [0, 0.05) is 38.1 Å². The number of rotatable bonds is 4. The number of nitrogens with zero attached hydrogens (tertiary/aromatic N) is 4. The van der Waals surface area contributed by atoms with Crippen molar-refractivity contribution in [3.8, 4) is 56.1 Å². The van der Waals surface area contributed by atoms with Gasteiger partial charge in [-0.1, -0.05) is 182 Å². The maximum absolute atomic E-state index is 7.22. The molecule has 5 nitrogen and oxygen atoms in total. The molecule has 0 bridgehead atoms. The van der Waals surface area contributed by atoms with E-state index in [0.717, 1.165) is 99.7 Å². The SMILES string of the molecule is c1ccc(-c2ccccc2-c2nn3c4c(cccc24)B2c4c-3c3oc5cccc6c7ccccc7c(c4-n4nc(-c7ccccc7-c7ccccc7)c7cccc2c74)c3c56)cc1. The van der Waals surface area contributed by atoms with Gasteiger partial charge in [-0.15, -0.1) is 0 Å². The second kappa shape index (κ2) is 11.7. The first kappa shape index (κ1) is 32.6. The summed E-state index contributed by atoms with van der Waals surface area (Å²) in [5, 5.41) is 20.8. The van der Waals surface area contributed by atoms with Crippen LogP contribution >= 0.6 is 0 Å². The maximum atomic E-state index is 7.22. The zero-order valence-corrected chi connectivity index (χ0v) is 33.2. The smallest absolute Gasteiger partial charge is 0.252 e. The summed E-state index contributed by atoms with van der Waals surface area (Å²) in [5.74, 6) is 0. The lowest BCUT2D eigenvalue weighted by Gasteiger charge is -2.32. The molecule has 6 heteroatoms. The van der Waals surface area contributed by atoms with Gasteiger partial charge in [-0.3, -0.25) is 0 Å². The van der Waals surface area contributed by atoms with E-state index in [4.69, 9.17) is 14.6 Å². The Bertz CT molecular complexity index is 4050. The second-order valence-electron chi connectivity index (χ2n) is 16.8. The highest BCUT2D eigenvalue weighted by molar-refractivity contribution is 7.00. The molecule has 15 rings (SSSR count). The van der Waals surface area contributed by atoms with Gasteiger partial charge >= 0.3 is 0 Å². The van der Waals surface area contributed by atoms with Gasteiger partial charge < -0.3 is 4.42 Å². The Balaban J connectivity index is 1.14. The molecular weight excluding hydrogens is 755 g/mol. The topological polar surface area (TPSA) is 48.8 Å². The third-order valence-electron chi connectivity index (χ3n) is 13.8. The minimum Gasteiger partial charge on any atom is -0.454 e. The van der Waals surface area contributed by atoms with Crippen molar-refractivity contribution in [2.75, 3.05) is 0 Å². The summed E-state index contributed by atoms with van der Waals surface area (Å²) in [7, 11) is 0. The molecule has 5 heterocycles. The molecule has 0 saturated carbocycles. The van der Waals surface area contributed by atoms with Crippen molar-refractivity contribution in [3.63, 3.8) is 0 Å². The van der Waals surface area contributed by atoms with Crippen molar-refractivity contribution >= 4 is 88.4 Å². The fourth-order valence-corrected chi connectivity index (χ4v) is 11.3. The number of hydrogen-bond acceptors (Lipinski definition) is 3. The van der Waals surface area contributed by atoms with E-state index in [1.165, 1.54) is 38.1 Å². The fraction of sp³-hybridized carbons (Fsp3) is 0. The minimum atomic E-state index is -0.113. The molecule has 0 amide bonds. The molecule has 10 aromatic carbocycles. The first-order valence-electron chi connectivity index (χ1n) is 21.3. The first-order chi connectivity index (χ1) is 30.8. The van der Waals surface area contributed by atoms with Crippen LogP contribution in [-0.2, 0) is 0 Å². The van der Waals surface area contributed by atoms with E-state index < -0.39 is 0 Å². The van der Waals surface area contributed by atoms with Crippen LogP contribution in [0.2, 0.25) is 0 Å². The Labute approximate surface area is 355 Å². The monoisotopic (exact) mass is 786 g/mol. The number of aromatic nitrogens is 4. The van der Waals surface area contributed by atoms with Gasteiger partial charge in [0.15, 0.2) is 5.58 Å². The highest BCUT2D eigenvalue weighted by atomic mass is 16.3. The largest absolute Gasteiger partial charge is 0.454 e. The van der Waals surface area contributed by atoms with Crippen molar-refractivity contribution in [3.05, 3.63) is 188 Å². The van der Waals surface area contributed by atoms with Crippen molar-refractivity contribution < 1.29 is 4.42 Å². The highest BCUT2D eigenvalue weighted by Gasteiger charge is 2.44. The molecule has 0 fully saturated rings. The minimum absolute atomic E-state index is 0.113. The van der Waals surface area contributed by atoms with Crippen LogP contribution in [0.1, 0.15) is 0 Å². The van der Waals surface area contributed by atoms with E-state index in [9.17, 15) is 0 Å². The molecule has 2 aliphatic rings. The normalized spacial score (nSPS) is 12.8. The molecule has 0 unspecified atom stereocenters. The maximum Gasteiger partial charge on any atom is 0.252 e. The molecule has 3 aromatic heterocycles. The number of fused-ring (bicyclic) bond motifs is 9. The summed E-state index contributed by atoms with van der Waals surface area (Å²) in [5.41, 5.74) is 18.5. The number of hydrogen-bond donors (Lipinski definition) is 0. The van der Waals surface area contributed by atoms with E-state index in [-0.39, 0.29) is 6.71 Å². The predicted molar refractivity (Wildman–Crippen MR) is 256 cm³/mol. The van der Waals surface area contributed by atoms with E-state index >= 15 is 0 Å². The molecule has 62 heavy (non-hydrogen) atoms. The Kier molecular flexibility index (Phi) is 6.18. The summed E-state index contributed by atoms with van der Waals surface area (Å²) in [6, 6.07) is 67.7. The summed E-state index contributed by atoms with van der Waals surface area (Å²) >= 11 is 0. The quantitative estimate of drug-likeness (QED) is 0.132. The van der Waals surface area contributed by atoms with Gasteiger partial charge in [0.05, 0.1) is 16.7 Å². The van der Waals surface area contributed by atoms with Crippen LogP contribution in [0.5, 0.6) is 0 Å². The Morgan fingerprint density at radius 1 is 0.371 bits per heavy atom. The van der Waals surface area contributed by atoms with Crippen LogP contribution in [0.25, 0.3) is 121 Å². The number of para-hydroxylation sites is 2. The fourth-order valence-electron chi connectivity index (χ4n) is 11.3. The summed E-state index contributed by atoms with van der Waals surface area (Å²) in [4.78, 5) is 0. The molecule has 0 aliphatic carbocycles. The Hall–Kier alpha value is -8.22. The summed E-state index contributed by atoms with van der Waals surface area (Å²) in [6.45, 7) is -0.113. The van der Waals surface area contributed by atoms with Gasteiger partial charge in [0.25, 0.3) is 6.71 Å². The molecule has 0 radical (unpaired) electrons. The van der Waals surface area contributed by atoms with Crippen molar-refractivity contribution in [2.45, 2.75) is 0 Å². The van der Waals surface area contributed by atoms with Crippen LogP contribution < -0.4 is 16.4 Å². The highest BCUT2D eigenvalue weighted by Crippen LogP contribution is 2.49. The lowest BCUT2D eigenvalue weighted by Crippen LogP contribution is -2.59. The molecule has 0 atom stereocenters. The first-order valence-corrected chi connectivity index (χ1v) is 21.3. The van der Waals surface area contributed by atoms with Crippen LogP contribution in [0.4, 0.5) is 0 Å². The molecular formula is C56H31BN4O. The molecule has 0 saturated heterocycles. The standard InChI is InChI=1S/C56H31BN4O/c1-3-16-32(17-4-1)34-20-7-11-24-39(34)50-41-27-13-29-43-52(41)60(58-50)54-47-38-23-10-9-22-36(38)37-26-15-31-45-46(37)48(47)56(62-45)55-49(54)57(43)44-30-14-28-42-51(59-61(55)53(42)44)40-25-12-8-21-35(40)33-18-5-2-6-19-33/h1-31H. The molecule has 2 aliphatic heterocycles. The molecule has 284 valence electrons. The van der Waals surface area contributed by atoms with Crippen molar-refractivity contribution in [2.24, 2.45) is 0 Å². The van der Waals surface area contributed by atoms with Gasteiger partial charge in [-0.05, 0) is 60.9 Å². The predicted octanol–water partition coefficient (Wildman–Crippen LogP) is 11.8. The van der Waals surface area contributed by atoms with Crippen molar-refractivity contribution in [1.82, 2.24) is 19.6 Å². The zero-order valence-electron chi connectivity index (χ0n) is 33.2. The van der Waals surface area contributed by atoms with Crippen LogP contribution in [0.3, 0.4) is 0 Å². The van der Waals surface area contributed by atoms with Crippen LogP contribution in [0, 0.1) is 0 Å². The van der Waals surface area contributed by atoms with Crippen LogP contribution in [-0.4, -0.2) is 26.3 Å². The van der Waals surface area contributed by atoms with Gasteiger partial charge in [-0.25, -0.2) is 9.36 Å². The second-order valence-corrected chi connectivity index (χ2v) is 16.8. The third kappa shape index (κ3) is 4.00. The van der Waals surface area contributed by atoms with E-state index in [1.54, 1.807) is 0 Å².